The number of aromatic nitrogens is 1. The van der Waals surface area contributed by atoms with Gasteiger partial charge in [0, 0.05) is 29.6 Å². The molecular weight excluding hydrogens is 304 g/mol. The molecule has 3 nitrogen and oxygen atoms in total. The van der Waals surface area contributed by atoms with Crippen LogP contribution in [0.15, 0.2) is 29.6 Å². The fraction of sp³-hybridized carbons (Fsp3) is 0.375. The van der Waals surface area contributed by atoms with Gasteiger partial charge in [-0.1, -0.05) is 12.1 Å². The van der Waals surface area contributed by atoms with Crippen LogP contribution in [0.3, 0.4) is 0 Å². The van der Waals surface area contributed by atoms with Gasteiger partial charge in [-0.05, 0) is 31.4 Å². The minimum absolute atomic E-state index is 0.130. The number of likely N-dealkylation sites (tertiary alicyclic amines) is 1. The van der Waals surface area contributed by atoms with Crippen molar-refractivity contribution in [3.63, 3.8) is 0 Å². The summed E-state index contributed by atoms with van der Waals surface area (Å²) >= 11 is 7.36. The van der Waals surface area contributed by atoms with Crippen molar-refractivity contribution in [2.45, 2.75) is 25.1 Å². The summed E-state index contributed by atoms with van der Waals surface area (Å²) in [6.07, 6.45) is 3.44. The van der Waals surface area contributed by atoms with Gasteiger partial charge in [-0.25, -0.2) is 4.98 Å². The Bertz CT molecular complexity index is 635. The summed E-state index contributed by atoms with van der Waals surface area (Å²) < 4.78 is 0. The van der Waals surface area contributed by atoms with E-state index in [1.165, 1.54) is 6.42 Å². The molecule has 1 amide bonds. The molecule has 0 radical (unpaired) electrons. The van der Waals surface area contributed by atoms with Crippen LogP contribution in [0.1, 0.15) is 35.3 Å². The SMILES string of the molecule is O=C(c1cccc(-c2nc(CCl)cs2)c1)N1CCCCC1. The van der Waals surface area contributed by atoms with E-state index in [2.05, 4.69) is 4.98 Å². The molecule has 1 aliphatic rings. The van der Waals surface area contributed by atoms with E-state index in [0.29, 0.717) is 5.88 Å². The summed E-state index contributed by atoms with van der Waals surface area (Å²) in [7, 11) is 0. The second kappa shape index (κ2) is 6.58. The van der Waals surface area contributed by atoms with Crippen LogP contribution in [0, 0.1) is 0 Å². The van der Waals surface area contributed by atoms with Gasteiger partial charge in [0.1, 0.15) is 5.01 Å². The Morgan fingerprint density at radius 3 is 2.81 bits per heavy atom. The zero-order valence-electron chi connectivity index (χ0n) is 11.7. The van der Waals surface area contributed by atoms with Gasteiger partial charge in [-0.2, -0.15) is 0 Å². The number of thiazole rings is 1. The fourth-order valence-electron chi connectivity index (χ4n) is 2.57. The Morgan fingerprint density at radius 2 is 2.10 bits per heavy atom. The van der Waals surface area contributed by atoms with E-state index in [4.69, 9.17) is 11.6 Å². The lowest BCUT2D eigenvalue weighted by Crippen LogP contribution is -2.35. The van der Waals surface area contributed by atoms with Crippen molar-refractivity contribution in [3.05, 3.63) is 40.9 Å². The van der Waals surface area contributed by atoms with Crippen molar-refractivity contribution in [2.75, 3.05) is 13.1 Å². The molecule has 0 saturated carbocycles. The van der Waals surface area contributed by atoms with Gasteiger partial charge >= 0.3 is 0 Å². The molecule has 0 unspecified atom stereocenters. The summed E-state index contributed by atoms with van der Waals surface area (Å²) in [5.41, 5.74) is 2.61. The topological polar surface area (TPSA) is 33.2 Å². The fourth-order valence-corrected chi connectivity index (χ4v) is 3.61. The van der Waals surface area contributed by atoms with E-state index in [9.17, 15) is 4.79 Å². The number of hydrogen-bond acceptors (Lipinski definition) is 3. The number of carbonyl (C=O) groups excluding carboxylic acids is 1. The third-order valence-electron chi connectivity index (χ3n) is 3.69. The maximum Gasteiger partial charge on any atom is 0.253 e. The number of amides is 1. The molecule has 0 spiro atoms. The van der Waals surface area contributed by atoms with Crippen LogP contribution in [-0.4, -0.2) is 28.9 Å². The summed E-state index contributed by atoms with van der Waals surface area (Å²) in [6.45, 7) is 1.74. The molecule has 2 heterocycles. The van der Waals surface area contributed by atoms with Gasteiger partial charge in [-0.3, -0.25) is 4.79 Å². The van der Waals surface area contributed by atoms with Gasteiger partial charge in [0.05, 0.1) is 11.6 Å². The predicted molar refractivity (Wildman–Crippen MR) is 86.9 cm³/mol. The third kappa shape index (κ3) is 3.27. The average Bonchev–Trinajstić information content (AvgIpc) is 3.04. The lowest BCUT2D eigenvalue weighted by molar-refractivity contribution is 0.0724. The highest BCUT2D eigenvalue weighted by atomic mass is 35.5. The maximum absolute atomic E-state index is 12.5. The predicted octanol–water partition coefficient (Wildman–Crippen LogP) is 4.18. The lowest BCUT2D eigenvalue weighted by atomic mass is 10.1. The van der Waals surface area contributed by atoms with Gasteiger partial charge in [0.15, 0.2) is 0 Å². The number of carbonyl (C=O) groups is 1. The first-order valence-corrected chi connectivity index (χ1v) is 8.59. The summed E-state index contributed by atoms with van der Waals surface area (Å²) in [6, 6.07) is 7.74. The third-order valence-corrected chi connectivity index (χ3v) is 4.90. The van der Waals surface area contributed by atoms with Crippen molar-refractivity contribution in [1.29, 1.82) is 0 Å². The Morgan fingerprint density at radius 1 is 1.29 bits per heavy atom. The van der Waals surface area contributed by atoms with E-state index in [1.54, 1.807) is 11.3 Å². The molecule has 1 fully saturated rings. The lowest BCUT2D eigenvalue weighted by Gasteiger charge is -2.26. The maximum atomic E-state index is 12.5. The second-order valence-electron chi connectivity index (χ2n) is 5.21. The molecule has 0 bridgehead atoms. The molecule has 1 saturated heterocycles. The van der Waals surface area contributed by atoms with E-state index in [1.807, 2.05) is 34.5 Å². The van der Waals surface area contributed by atoms with E-state index in [0.717, 1.165) is 47.8 Å². The van der Waals surface area contributed by atoms with Crippen molar-refractivity contribution >= 4 is 28.8 Å². The van der Waals surface area contributed by atoms with Crippen LogP contribution in [0.2, 0.25) is 0 Å². The van der Waals surface area contributed by atoms with Gasteiger partial charge in [-0.15, -0.1) is 22.9 Å². The van der Waals surface area contributed by atoms with Crippen LogP contribution < -0.4 is 0 Å². The second-order valence-corrected chi connectivity index (χ2v) is 6.34. The number of hydrogen-bond donors (Lipinski definition) is 0. The van der Waals surface area contributed by atoms with Gasteiger partial charge in [0.2, 0.25) is 0 Å². The first kappa shape index (κ1) is 14.5. The first-order valence-electron chi connectivity index (χ1n) is 7.18. The smallest absolute Gasteiger partial charge is 0.253 e. The molecule has 2 aromatic rings. The quantitative estimate of drug-likeness (QED) is 0.795. The highest BCUT2D eigenvalue weighted by molar-refractivity contribution is 7.13. The molecular formula is C16H17ClN2OS. The highest BCUT2D eigenvalue weighted by Gasteiger charge is 2.18. The van der Waals surface area contributed by atoms with Crippen molar-refractivity contribution in [1.82, 2.24) is 9.88 Å². The Balaban J connectivity index is 1.83. The number of rotatable bonds is 3. The molecule has 110 valence electrons. The zero-order chi connectivity index (χ0) is 14.7. The number of alkyl halides is 1. The monoisotopic (exact) mass is 320 g/mol. The molecule has 3 rings (SSSR count). The standard InChI is InChI=1S/C16H17ClN2OS/c17-10-14-11-21-15(18-14)12-5-4-6-13(9-12)16(20)19-7-2-1-3-8-19/h4-6,9,11H,1-3,7-8,10H2. The van der Waals surface area contributed by atoms with E-state index in [-0.39, 0.29) is 5.91 Å². The molecule has 0 aliphatic carbocycles. The van der Waals surface area contributed by atoms with Gasteiger partial charge in [0.25, 0.3) is 5.91 Å². The molecule has 5 heteroatoms. The number of halogens is 1. The van der Waals surface area contributed by atoms with Crippen LogP contribution in [-0.2, 0) is 5.88 Å². The Hall–Kier alpha value is -1.39. The largest absolute Gasteiger partial charge is 0.339 e. The van der Waals surface area contributed by atoms with E-state index >= 15 is 0 Å². The van der Waals surface area contributed by atoms with Crippen molar-refractivity contribution < 1.29 is 4.79 Å². The number of piperidine rings is 1. The summed E-state index contributed by atoms with van der Waals surface area (Å²) in [5, 5.41) is 2.88. The van der Waals surface area contributed by atoms with Gasteiger partial charge < -0.3 is 4.90 Å². The zero-order valence-corrected chi connectivity index (χ0v) is 13.3. The molecule has 0 atom stereocenters. The van der Waals surface area contributed by atoms with Crippen LogP contribution >= 0.6 is 22.9 Å². The van der Waals surface area contributed by atoms with Crippen molar-refractivity contribution in [3.8, 4) is 10.6 Å². The Kier molecular flexibility index (Phi) is 4.56. The highest BCUT2D eigenvalue weighted by Crippen LogP contribution is 2.26. The summed E-state index contributed by atoms with van der Waals surface area (Å²) in [4.78, 5) is 19.0. The number of nitrogens with zero attached hydrogens (tertiary/aromatic N) is 2. The molecule has 1 aromatic carbocycles. The molecule has 0 N–H and O–H groups in total. The van der Waals surface area contributed by atoms with E-state index < -0.39 is 0 Å². The van der Waals surface area contributed by atoms with Crippen LogP contribution in [0.5, 0.6) is 0 Å². The number of benzene rings is 1. The normalized spacial score (nSPS) is 15.2. The molecule has 1 aliphatic heterocycles. The summed E-state index contributed by atoms with van der Waals surface area (Å²) in [5.74, 6) is 0.550. The average molecular weight is 321 g/mol. The first-order chi connectivity index (χ1) is 10.3. The van der Waals surface area contributed by atoms with Crippen molar-refractivity contribution in [2.24, 2.45) is 0 Å². The molecule has 1 aromatic heterocycles. The van der Waals surface area contributed by atoms with Crippen LogP contribution in [0.4, 0.5) is 0 Å². The minimum Gasteiger partial charge on any atom is -0.339 e. The minimum atomic E-state index is 0.130. The Labute approximate surface area is 133 Å². The van der Waals surface area contributed by atoms with Crippen LogP contribution in [0.25, 0.3) is 10.6 Å². The molecule has 21 heavy (non-hydrogen) atoms.